The lowest BCUT2D eigenvalue weighted by Crippen LogP contribution is -1.99. The molecule has 5 heteroatoms. The number of hydrogen-bond donors (Lipinski definition) is 1. The van der Waals surface area contributed by atoms with Gasteiger partial charge in [-0.3, -0.25) is 4.98 Å². The van der Waals surface area contributed by atoms with Gasteiger partial charge in [-0.15, -0.1) is 0 Å². The average molecular weight is 207 g/mol. The van der Waals surface area contributed by atoms with Crippen LogP contribution >= 0.6 is 0 Å². The molecule has 0 saturated carbocycles. The van der Waals surface area contributed by atoms with Crippen LogP contribution in [0.15, 0.2) is 22.9 Å². The van der Waals surface area contributed by atoms with Crippen LogP contribution in [0.1, 0.15) is 17.5 Å². The lowest BCUT2D eigenvalue weighted by Gasteiger charge is -1.99. The highest BCUT2D eigenvalue weighted by Crippen LogP contribution is 2.32. The summed E-state index contributed by atoms with van der Waals surface area (Å²) in [5.41, 5.74) is 0.464. The van der Waals surface area contributed by atoms with Gasteiger partial charge in [0.15, 0.2) is 5.75 Å². The number of fused-ring (bicyclic) bond motifs is 1. The second-order valence-electron chi connectivity index (χ2n) is 2.87. The molecular weight excluding hydrogens is 198 g/mol. The zero-order valence-electron chi connectivity index (χ0n) is 8.06. The van der Waals surface area contributed by atoms with E-state index in [1.807, 2.05) is 0 Å². The minimum Gasteiger partial charge on any atom is -0.489 e. The number of furan rings is 1. The summed E-state index contributed by atoms with van der Waals surface area (Å²) in [6.45, 7) is 2.16. The Morgan fingerprint density at radius 3 is 3.13 bits per heavy atom. The first-order valence-corrected chi connectivity index (χ1v) is 4.46. The molecule has 0 saturated heterocycles. The molecule has 2 heterocycles. The number of ether oxygens (including phenoxy) is 1. The lowest BCUT2D eigenvalue weighted by molar-refractivity contribution is 0.0659. The van der Waals surface area contributed by atoms with Crippen LogP contribution in [0.2, 0.25) is 0 Å². The van der Waals surface area contributed by atoms with Crippen molar-refractivity contribution in [1.82, 2.24) is 4.98 Å². The van der Waals surface area contributed by atoms with Gasteiger partial charge in [-0.05, 0) is 13.0 Å². The van der Waals surface area contributed by atoms with E-state index in [1.54, 1.807) is 13.0 Å². The molecule has 2 aromatic rings. The number of carboxylic acids is 1. The number of nitrogens with zero attached hydrogens (tertiary/aromatic N) is 1. The first-order chi connectivity index (χ1) is 7.24. The van der Waals surface area contributed by atoms with Crippen molar-refractivity contribution in [2.75, 3.05) is 6.61 Å². The van der Waals surface area contributed by atoms with Crippen molar-refractivity contribution in [3.05, 3.63) is 24.2 Å². The van der Waals surface area contributed by atoms with E-state index in [0.717, 1.165) is 0 Å². The van der Waals surface area contributed by atoms with Crippen LogP contribution in [-0.2, 0) is 0 Å². The Morgan fingerprint density at radius 2 is 2.47 bits per heavy atom. The fraction of sp³-hybridized carbons (Fsp3) is 0.200. The highest BCUT2D eigenvalue weighted by Gasteiger charge is 2.20. The van der Waals surface area contributed by atoms with E-state index >= 15 is 0 Å². The molecule has 15 heavy (non-hydrogen) atoms. The SMILES string of the molecule is CCOc1c(C(=O)O)oc2ccncc12. The van der Waals surface area contributed by atoms with Gasteiger partial charge in [0.1, 0.15) is 5.58 Å². The molecule has 78 valence electrons. The lowest BCUT2D eigenvalue weighted by atomic mass is 10.3. The Labute approximate surface area is 85.3 Å². The zero-order chi connectivity index (χ0) is 10.8. The summed E-state index contributed by atoms with van der Waals surface area (Å²) < 4.78 is 10.4. The van der Waals surface area contributed by atoms with Crippen LogP contribution in [0.5, 0.6) is 5.75 Å². The molecule has 0 bridgehead atoms. The van der Waals surface area contributed by atoms with Crippen molar-refractivity contribution < 1.29 is 19.1 Å². The Hall–Kier alpha value is -2.04. The molecule has 0 amide bonds. The van der Waals surface area contributed by atoms with E-state index in [0.29, 0.717) is 17.6 Å². The van der Waals surface area contributed by atoms with Crippen molar-refractivity contribution in [2.24, 2.45) is 0 Å². The van der Waals surface area contributed by atoms with Gasteiger partial charge in [-0.25, -0.2) is 4.79 Å². The summed E-state index contributed by atoms with van der Waals surface area (Å²) in [6, 6.07) is 1.60. The maximum absolute atomic E-state index is 10.9. The molecule has 0 aliphatic heterocycles. The van der Waals surface area contributed by atoms with Gasteiger partial charge in [0.2, 0.25) is 0 Å². The third kappa shape index (κ3) is 1.52. The number of pyridine rings is 1. The Morgan fingerprint density at radius 1 is 1.67 bits per heavy atom. The van der Waals surface area contributed by atoms with E-state index in [9.17, 15) is 4.79 Å². The Kier molecular flexibility index (Phi) is 2.29. The Bertz CT molecular complexity index is 503. The van der Waals surface area contributed by atoms with E-state index in [1.165, 1.54) is 12.4 Å². The molecule has 0 aliphatic rings. The second kappa shape index (κ2) is 3.61. The summed E-state index contributed by atoms with van der Waals surface area (Å²) in [6.07, 6.45) is 3.06. The standard InChI is InChI=1S/C10H9NO4/c1-2-14-8-6-5-11-4-3-7(6)15-9(8)10(12)13/h3-5H,2H2,1H3,(H,12,13). The predicted molar refractivity (Wildman–Crippen MR) is 52.1 cm³/mol. The zero-order valence-corrected chi connectivity index (χ0v) is 8.06. The molecule has 0 radical (unpaired) electrons. The van der Waals surface area contributed by atoms with Gasteiger partial charge >= 0.3 is 5.97 Å². The van der Waals surface area contributed by atoms with Crippen molar-refractivity contribution >= 4 is 16.9 Å². The molecule has 0 atom stereocenters. The van der Waals surface area contributed by atoms with Crippen LogP contribution in [0.25, 0.3) is 11.0 Å². The maximum atomic E-state index is 10.9. The Balaban J connectivity index is 2.68. The topological polar surface area (TPSA) is 72.6 Å². The minimum atomic E-state index is -1.14. The molecule has 0 aliphatic carbocycles. The van der Waals surface area contributed by atoms with Gasteiger partial charge in [0.25, 0.3) is 5.76 Å². The molecule has 0 spiro atoms. The first kappa shape index (κ1) is 9.51. The quantitative estimate of drug-likeness (QED) is 0.832. The summed E-state index contributed by atoms with van der Waals surface area (Å²) >= 11 is 0. The van der Waals surface area contributed by atoms with Gasteiger partial charge in [-0.2, -0.15) is 0 Å². The second-order valence-corrected chi connectivity index (χ2v) is 2.87. The van der Waals surface area contributed by atoms with Crippen LogP contribution in [0.4, 0.5) is 0 Å². The van der Waals surface area contributed by atoms with Gasteiger partial charge in [-0.1, -0.05) is 0 Å². The number of hydrogen-bond acceptors (Lipinski definition) is 4. The fourth-order valence-corrected chi connectivity index (χ4v) is 1.35. The first-order valence-electron chi connectivity index (χ1n) is 4.46. The monoisotopic (exact) mass is 207 g/mol. The van der Waals surface area contributed by atoms with Gasteiger partial charge in [0, 0.05) is 12.4 Å². The van der Waals surface area contributed by atoms with Crippen molar-refractivity contribution in [3.63, 3.8) is 0 Å². The predicted octanol–water partition coefficient (Wildman–Crippen LogP) is 1.92. The fourth-order valence-electron chi connectivity index (χ4n) is 1.35. The third-order valence-corrected chi connectivity index (χ3v) is 1.93. The molecular formula is C10H9NO4. The van der Waals surface area contributed by atoms with E-state index in [2.05, 4.69) is 4.98 Å². The largest absolute Gasteiger partial charge is 0.489 e. The number of carbonyl (C=O) groups is 1. The molecule has 0 unspecified atom stereocenters. The van der Waals surface area contributed by atoms with Crippen LogP contribution < -0.4 is 4.74 Å². The molecule has 2 rings (SSSR count). The highest BCUT2D eigenvalue weighted by molar-refractivity contribution is 5.97. The van der Waals surface area contributed by atoms with E-state index in [-0.39, 0.29) is 11.5 Å². The van der Waals surface area contributed by atoms with Crippen LogP contribution in [-0.4, -0.2) is 22.7 Å². The summed E-state index contributed by atoms with van der Waals surface area (Å²) in [5, 5.41) is 9.48. The summed E-state index contributed by atoms with van der Waals surface area (Å²) in [4.78, 5) is 14.8. The van der Waals surface area contributed by atoms with Crippen LogP contribution in [0, 0.1) is 0 Å². The molecule has 2 aromatic heterocycles. The van der Waals surface area contributed by atoms with Crippen LogP contribution in [0.3, 0.4) is 0 Å². The molecule has 1 N–H and O–H groups in total. The van der Waals surface area contributed by atoms with Gasteiger partial charge in [0.05, 0.1) is 12.0 Å². The maximum Gasteiger partial charge on any atom is 0.375 e. The smallest absolute Gasteiger partial charge is 0.375 e. The number of carboxylic acid groups (broad SMARTS) is 1. The summed E-state index contributed by atoms with van der Waals surface area (Å²) in [7, 11) is 0. The molecule has 5 nitrogen and oxygen atoms in total. The van der Waals surface area contributed by atoms with Gasteiger partial charge < -0.3 is 14.3 Å². The molecule has 0 aromatic carbocycles. The van der Waals surface area contributed by atoms with Crippen molar-refractivity contribution in [2.45, 2.75) is 6.92 Å². The van der Waals surface area contributed by atoms with E-state index in [4.69, 9.17) is 14.3 Å². The molecule has 0 fully saturated rings. The third-order valence-electron chi connectivity index (χ3n) is 1.93. The minimum absolute atomic E-state index is 0.181. The van der Waals surface area contributed by atoms with Crippen molar-refractivity contribution in [3.8, 4) is 5.75 Å². The normalized spacial score (nSPS) is 10.5. The highest BCUT2D eigenvalue weighted by atomic mass is 16.5. The summed E-state index contributed by atoms with van der Waals surface area (Å²) in [5.74, 6) is -1.08. The number of aromatic carboxylic acids is 1. The van der Waals surface area contributed by atoms with E-state index < -0.39 is 5.97 Å². The number of aromatic nitrogens is 1. The van der Waals surface area contributed by atoms with Crippen molar-refractivity contribution in [1.29, 1.82) is 0 Å². The average Bonchev–Trinajstić information content (AvgIpc) is 2.58. The number of rotatable bonds is 3.